The van der Waals surface area contributed by atoms with Crippen molar-refractivity contribution in [2.75, 3.05) is 0 Å². The fourth-order valence-corrected chi connectivity index (χ4v) is 8.09. The van der Waals surface area contributed by atoms with E-state index < -0.39 is 0 Å². The van der Waals surface area contributed by atoms with Gasteiger partial charge in [0.25, 0.3) is 0 Å². The number of rotatable bonds is 10. The Morgan fingerprint density at radius 2 is 0.750 bits per heavy atom. The van der Waals surface area contributed by atoms with Gasteiger partial charge in [-0.1, -0.05) is 177 Å². The summed E-state index contributed by atoms with van der Waals surface area (Å²) < 4.78 is 0. The molecule has 0 aliphatic heterocycles. The quantitative estimate of drug-likeness (QED) is 0.138. The molecule has 0 N–H and O–H groups in total. The molecule has 0 radical (unpaired) electrons. The second-order valence-electron chi connectivity index (χ2n) is 15.3. The monoisotopic (exact) mass is 680 g/mol. The van der Waals surface area contributed by atoms with Gasteiger partial charge >= 0.3 is 0 Å². The Kier molecular flexibility index (Phi) is 9.61. The van der Waals surface area contributed by atoms with Gasteiger partial charge in [-0.3, -0.25) is 0 Å². The molecule has 0 aromatic heterocycles. The first kappa shape index (κ1) is 35.3. The Morgan fingerprint density at radius 1 is 0.404 bits per heavy atom. The van der Waals surface area contributed by atoms with E-state index in [1.807, 2.05) is 0 Å². The van der Waals surface area contributed by atoms with Gasteiger partial charge in [-0.25, -0.2) is 9.98 Å². The van der Waals surface area contributed by atoms with Gasteiger partial charge in [-0.15, -0.1) is 0 Å². The van der Waals surface area contributed by atoms with E-state index in [9.17, 15) is 0 Å². The van der Waals surface area contributed by atoms with Gasteiger partial charge < -0.3 is 0 Å². The van der Waals surface area contributed by atoms with E-state index in [0.717, 1.165) is 48.5 Å². The molecular formula is C50H52N2. The zero-order valence-corrected chi connectivity index (χ0v) is 32.3. The molecule has 6 aromatic rings. The molecule has 262 valence electrons. The standard InChI is InChI=1S/C50H52N2/c1-9-33-29-40(49(5,6)38-23-15-13-16-24-38)30-34(10-2)45(33)51-47-42-27-19-21-37-22-20-28-43(44(37)42)48(47)52-46-35(11-3)31-41(32-36(46)12-4)50(7,8)39-25-17-14-18-26-39/h13-32H,9-12H2,1-8H3. The minimum Gasteiger partial charge on any atom is -0.246 e. The van der Waals surface area contributed by atoms with Crippen molar-refractivity contribution in [2.45, 2.75) is 91.9 Å². The first-order valence-corrected chi connectivity index (χ1v) is 19.3. The second-order valence-corrected chi connectivity index (χ2v) is 15.3. The Bertz CT molecular complexity index is 2110. The normalized spacial score (nSPS) is 14.5. The lowest BCUT2D eigenvalue weighted by atomic mass is 9.76. The van der Waals surface area contributed by atoms with Crippen molar-refractivity contribution < 1.29 is 0 Å². The van der Waals surface area contributed by atoms with Gasteiger partial charge in [0.2, 0.25) is 0 Å². The fraction of sp³-hybridized carbons (Fsp3) is 0.280. The van der Waals surface area contributed by atoms with Crippen molar-refractivity contribution in [1.29, 1.82) is 0 Å². The summed E-state index contributed by atoms with van der Waals surface area (Å²) in [6.07, 6.45) is 3.61. The number of aryl methyl sites for hydroxylation is 4. The molecular weight excluding hydrogens is 629 g/mol. The third-order valence-corrected chi connectivity index (χ3v) is 11.6. The van der Waals surface area contributed by atoms with Crippen LogP contribution in [-0.4, -0.2) is 11.4 Å². The third kappa shape index (κ3) is 6.13. The van der Waals surface area contributed by atoms with Crippen LogP contribution in [0.2, 0.25) is 0 Å². The molecule has 0 fully saturated rings. The Balaban J connectivity index is 1.44. The lowest BCUT2D eigenvalue weighted by Gasteiger charge is -2.28. The molecule has 0 unspecified atom stereocenters. The predicted molar refractivity (Wildman–Crippen MR) is 224 cm³/mol. The Morgan fingerprint density at radius 3 is 1.08 bits per heavy atom. The molecule has 0 amide bonds. The van der Waals surface area contributed by atoms with Gasteiger partial charge in [0.05, 0.1) is 22.8 Å². The van der Waals surface area contributed by atoms with E-state index in [2.05, 4.69) is 177 Å². The predicted octanol–water partition coefficient (Wildman–Crippen LogP) is 13.0. The fourth-order valence-electron chi connectivity index (χ4n) is 8.09. The second kappa shape index (κ2) is 14.2. The number of aliphatic imine (C=N–C) groups is 2. The van der Waals surface area contributed by atoms with Crippen LogP contribution < -0.4 is 0 Å². The van der Waals surface area contributed by atoms with Crippen molar-refractivity contribution in [3.8, 4) is 0 Å². The van der Waals surface area contributed by atoms with Crippen LogP contribution in [0.4, 0.5) is 11.4 Å². The summed E-state index contributed by atoms with van der Waals surface area (Å²) in [7, 11) is 0. The summed E-state index contributed by atoms with van der Waals surface area (Å²) in [6, 6.07) is 44.6. The maximum atomic E-state index is 5.71. The molecule has 52 heavy (non-hydrogen) atoms. The topological polar surface area (TPSA) is 24.7 Å². The van der Waals surface area contributed by atoms with Gasteiger partial charge in [0.15, 0.2) is 0 Å². The van der Waals surface area contributed by atoms with E-state index in [1.165, 1.54) is 66.4 Å². The number of benzene rings is 6. The molecule has 0 saturated carbocycles. The lowest BCUT2D eigenvalue weighted by molar-refractivity contribution is 0.638. The first-order chi connectivity index (χ1) is 25.1. The van der Waals surface area contributed by atoms with Crippen molar-refractivity contribution >= 4 is 33.6 Å². The van der Waals surface area contributed by atoms with Gasteiger partial charge in [0, 0.05) is 27.3 Å². The van der Waals surface area contributed by atoms with Crippen LogP contribution in [0.5, 0.6) is 0 Å². The van der Waals surface area contributed by atoms with E-state index >= 15 is 0 Å². The van der Waals surface area contributed by atoms with Crippen molar-refractivity contribution in [3.05, 3.63) is 177 Å². The van der Waals surface area contributed by atoms with E-state index in [1.54, 1.807) is 0 Å². The number of hydrogen-bond acceptors (Lipinski definition) is 2. The molecule has 0 spiro atoms. The lowest BCUT2D eigenvalue weighted by Crippen LogP contribution is -2.20. The van der Waals surface area contributed by atoms with Gasteiger partial charge in [0.1, 0.15) is 0 Å². The summed E-state index contributed by atoms with van der Waals surface area (Å²) in [5, 5.41) is 2.48. The molecule has 2 nitrogen and oxygen atoms in total. The summed E-state index contributed by atoms with van der Waals surface area (Å²) in [6.45, 7) is 18.4. The molecule has 2 heteroatoms. The SMILES string of the molecule is CCc1cc(C(C)(C)c2ccccc2)cc(CC)c1N=C1C(=Nc2c(CC)cc(C(C)(C)c3ccccc3)cc2CC)c2cccc3cccc1c23. The van der Waals surface area contributed by atoms with Crippen molar-refractivity contribution in [1.82, 2.24) is 0 Å². The van der Waals surface area contributed by atoms with Crippen LogP contribution in [0, 0.1) is 0 Å². The maximum Gasteiger partial charge on any atom is 0.0979 e. The van der Waals surface area contributed by atoms with E-state index in [4.69, 9.17) is 9.98 Å². The van der Waals surface area contributed by atoms with Crippen LogP contribution >= 0.6 is 0 Å². The molecule has 6 aromatic carbocycles. The molecule has 0 atom stereocenters. The van der Waals surface area contributed by atoms with Crippen LogP contribution in [0.25, 0.3) is 10.8 Å². The van der Waals surface area contributed by atoms with Crippen molar-refractivity contribution in [3.63, 3.8) is 0 Å². The molecule has 0 saturated heterocycles. The summed E-state index contributed by atoms with van der Waals surface area (Å²) >= 11 is 0. The van der Waals surface area contributed by atoms with Crippen LogP contribution in [0.3, 0.4) is 0 Å². The number of nitrogens with zero attached hydrogens (tertiary/aromatic N) is 2. The Labute approximate surface area is 311 Å². The average Bonchev–Trinajstić information content (AvgIpc) is 3.48. The Hall–Kier alpha value is -5.08. The highest BCUT2D eigenvalue weighted by atomic mass is 14.8. The molecule has 1 aliphatic carbocycles. The highest BCUT2D eigenvalue weighted by molar-refractivity contribution is 6.61. The number of hydrogen-bond donors (Lipinski definition) is 0. The largest absolute Gasteiger partial charge is 0.246 e. The summed E-state index contributed by atoms with van der Waals surface area (Å²) in [5.41, 5.74) is 16.7. The molecule has 0 bridgehead atoms. The van der Waals surface area contributed by atoms with Gasteiger partial charge in [-0.05, 0) is 75.6 Å². The van der Waals surface area contributed by atoms with Crippen LogP contribution in [0.1, 0.15) is 111 Å². The smallest absolute Gasteiger partial charge is 0.0979 e. The highest BCUT2D eigenvalue weighted by Crippen LogP contribution is 2.42. The minimum absolute atomic E-state index is 0.128. The highest BCUT2D eigenvalue weighted by Gasteiger charge is 2.31. The third-order valence-electron chi connectivity index (χ3n) is 11.6. The zero-order chi connectivity index (χ0) is 36.6. The summed E-state index contributed by atoms with van der Waals surface area (Å²) in [4.78, 5) is 11.4. The molecule has 7 rings (SSSR count). The van der Waals surface area contributed by atoms with Crippen LogP contribution in [-0.2, 0) is 36.5 Å². The van der Waals surface area contributed by atoms with Crippen molar-refractivity contribution in [2.24, 2.45) is 9.98 Å². The molecule has 0 heterocycles. The van der Waals surface area contributed by atoms with Crippen LogP contribution in [0.15, 0.2) is 131 Å². The maximum absolute atomic E-state index is 5.71. The zero-order valence-electron chi connectivity index (χ0n) is 32.3. The van der Waals surface area contributed by atoms with Gasteiger partial charge in [-0.2, -0.15) is 0 Å². The first-order valence-electron chi connectivity index (χ1n) is 19.3. The minimum atomic E-state index is -0.128. The summed E-state index contributed by atoms with van der Waals surface area (Å²) in [5.74, 6) is 0. The average molecular weight is 681 g/mol. The van der Waals surface area contributed by atoms with E-state index in [0.29, 0.717) is 0 Å². The molecule has 1 aliphatic rings. The van der Waals surface area contributed by atoms with E-state index in [-0.39, 0.29) is 10.8 Å².